The molecule has 0 bridgehead atoms. The number of nitrogens with one attached hydrogen (secondary N) is 1. The minimum Gasteiger partial charge on any atom is -0.494 e. The molecule has 1 atom stereocenters. The van der Waals surface area contributed by atoms with Gasteiger partial charge in [-0.25, -0.2) is 0 Å². The Morgan fingerprint density at radius 2 is 1.78 bits per heavy atom. The molecule has 3 aromatic rings. The fourth-order valence-electron chi connectivity index (χ4n) is 4.40. The van der Waals surface area contributed by atoms with Gasteiger partial charge < -0.3 is 21.5 Å². The zero-order valence-electron chi connectivity index (χ0n) is 20.3. The van der Waals surface area contributed by atoms with Gasteiger partial charge in [0, 0.05) is 16.8 Å². The Morgan fingerprint density at radius 3 is 2.35 bits per heavy atom. The first-order valence-electron chi connectivity index (χ1n) is 12.0. The third-order valence-corrected chi connectivity index (χ3v) is 7.30. The maximum atomic E-state index is 14.0. The predicted molar refractivity (Wildman–Crippen MR) is 144 cm³/mol. The number of nitrogen functional groups attached to an aromatic ring is 1. The van der Waals surface area contributed by atoms with Crippen molar-refractivity contribution in [3.63, 3.8) is 0 Å². The summed E-state index contributed by atoms with van der Waals surface area (Å²) in [5.74, 6) is -1.13. The molecule has 1 aliphatic rings. The Morgan fingerprint density at radius 1 is 1.14 bits per heavy atom. The minimum absolute atomic E-state index is 0.00773. The molecular formula is C26H28ClN5O4S. The van der Waals surface area contributed by atoms with E-state index in [1.807, 2.05) is 6.92 Å². The third kappa shape index (κ3) is 5.86. The van der Waals surface area contributed by atoms with Gasteiger partial charge in [-0.3, -0.25) is 19.3 Å². The second-order valence-corrected chi connectivity index (χ2v) is 9.89. The van der Waals surface area contributed by atoms with Crippen LogP contribution in [0.3, 0.4) is 0 Å². The molecule has 1 heterocycles. The van der Waals surface area contributed by atoms with Crippen molar-refractivity contribution >= 4 is 52.2 Å². The summed E-state index contributed by atoms with van der Waals surface area (Å²) >= 11 is 6.88. The van der Waals surface area contributed by atoms with Gasteiger partial charge in [0.2, 0.25) is 5.91 Å². The Bertz CT molecular complexity index is 1270. The summed E-state index contributed by atoms with van der Waals surface area (Å²) in [7, 11) is 0. The number of ether oxygens (including phenoxy) is 1. The number of nitrogens with two attached hydrogens (primary N) is 2. The standard InChI is InChI=1S/C26H28ClN5O4S/c1-2-36-19-13-7-15(8-14-19)22(25(34)30-17-5-3-4-6-17)32(18-11-9-16(27)10-12-18)26(35)23-20(28)21(24(29)33)31-37-23/h7-14,17,22H,2-6,28H2,1H3,(H2,29,33)(H,30,34)/t22-/m1/s1. The molecule has 0 radical (unpaired) electrons. The molecule has 1 aliphatic carbocycles. The van der Waals surface area contributed by atoms with E-state index in [1.165, 1.54) is 4.90 Å². The number of hydrogen-bond donors (Lipinski definition) is 3. The van der Waals surface area contributed by atoms with Crippen molar-refractivity contribution in [2.24, 2.45) is 5.73 Å². The Balaban J connectivity index is 1.83. The molecular weight excluding hydrogens is 514 g/mol. The van der Waals surface area contributed by atoms with Crippen molar-refractivity contribution in [2.75, 3.05) is 17.2 Å². The van der Waals surface area contributed by atoms with Gasteiger partial charge in [-0.1, -0.05) is 36.6 Å². The van der Waals surface area contributed by atoms with Crippen molar-refractivity contribution in [3.05, 3.63) is 69.7 Å². The zero-order valence-corrected chi connectivity index (χ0v) is 21.8. The highest BCUT2D eigenvalue weighted by Gasteiger charge is 2.37. The molecule has 0 spiro atoms. The summed E-state index contributed by atoms with van der Waals surface area (Å²) in [6.45, 7) is 2.37. The van der Waals surface area contributed by atoms with Crippen molar-refractivity contribution in [3.8, 4) is 5.75 Å². The van der Waals surface area contributed by atoms with E-state index in [-0.39, 0.29) is 28.2 Å². The van der Waals surface area contributed by atoms with Crippen LogP contribution in [0.5, 0.6) is 5.75 Å². The lowest BCUT2D eigenvalue weighted by Crippen LogP contribution is -2.46. The van der Waals surface area contributed by atoms with Gasteiger partial charge in [-0.05, 0) is 73.3 Å². The number of hydrogen-bond acceptors (Lipinski definition) is 7. The van der Waals surface area contributed by atoms with Crippen LogP contribution in [0.15, 0.2) is 48.5 Å². The van der Waals surface area contributed by atoms with E-state index in [0.717, 1.165) is 37.2 Å². The van der Waals surface area contributed by atoms with E-state index in [9.17, 15) is 14.4 Å². The molecule has 11 heteroatoms. The molecule has 0 saturated heterocycles. The molecule has 194 valence electrons. The highest BCUT2D eigenvalue weighted by Crippen LogP contribution is 2.34. The van der Waals surface area contributed by atoms with Crippen LogP contribution in [0.2, 0.25) is 5.02 Å². The number of benzene rings is 2. The SMILES string of the molecule is CCOc1ccc([C@H](C(=O)NC2CCCC2)N(C(=O)c2snc(C(N)=O)c2N)c2ccc(Cl)cc2)cc1. The minimum atomic E-state index is -1.05. The molecule has 2 aromatic carbocycles. The van der Waals surface area contributed by atoms with Gasteiger partial charge in [0.15, 0.2) is 5.69 Å². The number of primary amides is 1. The lowest BCUT2D eigenvalue weighted by atomic mass is 10.0. The average Bonchev–Trinajstić information content (AvgIpc) is 3.53. The summed E-state index contributed by atoms with van der Waals surface area (Å²) in [5.41, 5.74) is 12.2. The zero-order chi connectivity index (χ0) is 26.5. The highest BCUT2D eigenvalue weighted by atomic mass is 35.5. The van der Waals surface area contributed by atoms with Crippen LogP contribution < -0.4 is 26.4 Å². The summed E-state index contributed by atoms with van der Waals surface area (Å²) in [4.78, 5) is 41.0. The van der Waals surface area contributed by atoms with Gasteiger partial charge in [-0.2, -0.15) is 4.37 Å². The number of carbonyl (C=O) groups excluding carboxylic acids is 3. The number of amides is 3. The van der Waals surface area contributed by atoms with E-state index in [4.69, 9.17) is 27.8 Å². The molecule has 1 fully saturated rings. The summed E-state index contributed by atoms with van der Waals surface area (Å²) in [6, 6.07) is 12.6. The monoisotopic (exact) mass is 541 g/mol. The Labute approximate surface area is 223 Å². The molecule has 5 N–H and O–H groups in total. The molecule has 4 rings (SSSR count). The third-order valence-electron chi connectivity index (χ3n) is 6.19. The number of anilines is 2. The van der Waals surface area contributed by atoms with Crippen LogP contribution in [0.25, 0.3) is 0 Å². The maximum Gasteiger partial charge on any atom is 0.273 e. The first kappa shape index (κ1) is 26.4. The molecule has 0 unspecified atom stereocenters. The fraction of sp³-hybridized carbons (Fsp3) is 0.308. The molecule has 9 nitrogen and oxygen atoms in total. The van der Waals surface area contributed by atoms with Gasteiger partial charge in [-0.15, -0.1) is 0 Å². The first-order valence-corrected chi connectivity index (χ1v) is 13.1. The average molecular weight is 542 g/mol. The maximum absolute atomic E-state index is 14.0. The predicted octanol–water partition coefficient (Wildman–Crippen LogP) is 4.32. The van der Waals surface area contributed by atoms with E-state index >= 15 is 0 Å². The topological polar surface area (TPSA) is 141 Å². The van der Waals surface area contributed by atoms with Gasteiger partial charge >= 0.3 is 0 Å². The molecule has 0 aliphatic heterocycles. The van der Waals surface area contributed by atoms with Gasteiger partial charge in [0.05, 0.1) is 12.3 Å². The highest BCUT2D eigenvalue weighted by molar-refractivity contribution is 7.09. The van der Waals surface area contributed by atoms with Crippen molar-refractivity contribution in [2.45, 2.75) is 44.7 Å². The number of carbonyl (C=O) groups is 3. The molecule has 1 saturated carbocycles. The molecule has 1 aromatic heterocycles. The number of halogens is 1. The van der Waals surface area contributed by atoms with Crippen LogP contribution in [-0.4, -0.2) is 34.7 Å². The lowest BCUT2D eigenvalue weighted by molar-refractivity contribution is -0.123. The van der Waals surface area contributed by atoms with Crippen LogP contribution in [0, 0.1) is 0 Å². The Kier molecular flexibility index (Phi) is 8.30. The number of nitrogens with zero attached hydrogens (tertiary/aromatic N) is 2. The van der Waals surface area contributed by atoms with Gasteiger partial charge in [0.25, 0.3) is 11.8 Å². The summed E-state index contributed by atoms with van der Waals surface area (Å²) in [6.07, 6.45) is 3.82. The van der Waals surface area contributed by atoms with Crippen molar-refractivity contribution in [1.29, 1.82) is 0 Å². The second-order valence-electron chi connectivity index (χ2n) is 8.68. The summed E-state index contributed by atoms with van der Waals surface area (Å²) < 4.78 is 9.54. The second kappa shape index (κ2) is 11.6. The quantitative estimate of drug-likeness (QED) is 0.368. The van der Waals surface area contributed by atoms with E-state index < -0.39 is 17.9 Å². The van der Waals surface area contributed by atoms with Crippen LogP contribution in [0.4, 0.5) is 11.4 Å². The van der Waals surface area contributed by atoms with Crippen LogP contribution >= 0.6 is 23.1 Å². The fourth-order valence-corrected chi connectivity index (χ4v) is 5.27. The normalized spacial score (nSPS) is 14.2. The Hall–Kier alpha value is -3.63. The molecule has 3 amide bonds. The van der Waals surface area contributed by atoms with Crippen LogP contribution in [0.1, 0.15) is 64.4 Å². The number of rotatable bonds is 9. The van der Waals surface area contributed by atoms with E-state index in [1.54, 1.807) is 48.5 Å². The largest absolute Gasteiger partial charge is 0.494 e. The lowest BCUT2D eigenvalue weighted by Gasteiger charge is -2.32. The summed E-state index contributed by atoms with van der Waals surface area (Å²) in [5, 5.41) is 3.59. The smallest absolute Gasteiger partial charge is 0.273 e. The molecule has 37 heavy (non-hydrogen) atoms. The van der Waals surface area contributed by atoms with Gasteiger partial charge in [0.1, 0.15) is 16.7 Å². The van der Waals surface area contributed by atoms with Crippen molar-refractivity contribution in [1.82, 2.24) is 9.69 Å². The van der Waals surface area contributed by atoms with E-state index in [2.05, 4.69) is 9.69 Å². The van der Waals surface area contributed by atoms with Crippen molar-refractivity contribution < 1.29 is 19.1 Å². The first-order chi connectivity index (χ1) is 17.8. The number of aromatic nitrogens is 1. The van der Waals surface area contributed by atoms with E-state index in [0.29, 0.717) is 28.6 Å². The van der Waals surface area contributed by atoms with Crippen LogP contribution in [-0.2, 0) is 4.79 Å².